The zero-order valence-electron chi connectivity index (χ0n) is 16.3. The lowest BCUT2D eigenvalue weighted by atomic mass is 9.97. The van der Waals surface area contributed by atoms with Crippen molar-refractivity contribution in [1.29, 1.82) is 0 Å². The average molecular weight is 430 g/mol. The number of nitrogens with one attached hydrogen (secondary N) is 1. The Balaban J connectivity index is 0.00000225. The fourth-order valence-corrected chi connectivity index (χ4v) is 5.30. The van der Waals surface area contributed by atoms with E-state index in [0.717, 1.165) is 50.7 Å². The van der Waals surface area contributed by atoms with Crippen molar-refractivity contribution in [1.82, 2.24) is 33.9 Å². The first-order valence-corrected chi connectivity index (χ1v) is 11.0. The molecule has 0 aliphatic carbocycles. The fraction of sp³-hybridized carbons (Fsp3) is 0.706. The van der Waals surface area contributed by atoms with Gasteiger partial charge in [0.2, 0.25) is 0 Å². The van der Waals surface area contributed by atoms with Crippen LogP contribution in [-0.2, 0) is 29.7 Å². The van der Waals surface area contributed by atoms with Crippen molar-refractivity contribution in [2.75, 3.05) is 19.6 Å². The van der Waals surface area contributed by atoms with E-state index >= 15 is 0 Å². The molecule has 0 radical (unpaired) electrons. The lowest BCUT2D eigenvalue weighted by Crippen LogP contribution is -2.39. The lowest BCUT2D eigenvalue weighted by molar-refractivity contribution is 0.306. The normalized spacial score (nSPS) is 18.8. The smallest absolute Gasteiger partial charge is 0.262 e. The van der Waals surface area contributed by atoms with Crippen molar-refractivity contribution in [2.24, 2.45) is 5.92 Å². The third-order valence-electron chi connectivity index (χ3n) is 5.26. The number of sulfonamides is 1. The van der Waals surface area contributed by atoms with Crippen molar-refractivity contribution >= 4 is 22.4 Å². The maximum absolute atomic E-state index is 12.9. The molecule has 9 nitrogen and oxygen atoms in total. The van der Waals surface area contributed by atoms with Crippen molar-refractivity contribution < 1.29 is 8.42 Å². The number of rotatable bonds is 5. The Morgan fingerprint density at radius 3 is 2.68 bits per heavy atom. The van der Waals surface area contributed by atoms with Crippen molar-refractivity contribution in [3.63, 3.8) is 0 Å². The number of piperidine rings is 1. The van der Waals surface area contributed by atoms with Crippen LogP contribution in [-0.4, -0.2) is 56.7 Å². The van der Waals surface area contributed by atoms with Gasteiger partial charge in [-0.3, -0.25) is 0 Å². The summed E-state index contributed by atoms with van der Waals surface area (Å²) in [7, 11) is -3.54. The molecule has 156 valence electrons. The Labute approximate surface area is 172 Å². The zero-order chi connectivity index (χ0) is 19.0. The fourth-order valence-electron chi connectivity index (χ4n) is 3.90. The molecule has 2 aliphatic rings. The van der Waals surface area contributed by atoms with Gasteiger partial charge in [0.25, 0.3) is 10.0 Å². The molecule has 4 heterocycles. The van der Waals surface area contributed by atoms with Crippen LogP contribution in [0.5, 0.6) is 0 Å². The van der Waals surface area contributed by atoms with E-state index in [1.54, 1.807) is 16.8 Å². The van der Waals surface area contributed by atoms with Gasteiger partial charge in [-0.15, -0.1) is 22.6 Å². The van der Waals surface area contributed by atoms with Gasteiger partial charge in [-0.05, 0) is 18.8 Å². The van der Waals surface area contributed by atoms with Crippen LogP contribution >= 0.6 is 12.4 Å². The van der Waals surface area contributed by atoms with Crippen LogP contribution in [0.1, 0.15) is 44.3 Å². The molecular weight excluding hydrogens is 402 g/mol. The van der Waals surface area contributed by atoms with E-state index in [-0.39, 0.29) is 23.4 Å². The Morgan fingerprint density at radius 2 is 1.96 bits per heavy atom. The van der Waals surface area contributed by atoms with Crippen molar-refractivity contribution in [3.8, 4) is 0 Å². The predicted octanol–water partition coefficient (Wildman–Crippen LogP) is 1.22. The largest absolute Gasteiger partial charge is 0.336 e. The molecule has 0 bridgehead atoms. The number of halogens is 1. The van der Waals surface area contributed by atoms with Crippen LogP contribution < -0.4 is 5.32 Å². The third-order valence-corrected chi connectivity index (χ3v) is 7.04. The molecule has 1 fully saturated rings. The Bertz CT molecular complexity index is 901. The average Bonchev–Trinajstić information content (AvgIpc) is 3.28. The highest BCUT2D eigenvalue weighted by atomic mass is 35.5. The molecular formula is C17H28ClN7O2S. The minimum atomic E-state index is -3.54. The molecule has 0 aromatic carbocycles. The molecule has 2 aromatic rings. The minimum Gasteiger partial charge on any atom is -0.336 e. The molecule has 0 atom stereocenters. The number of imidazole rings is 1. The Morgan fingerprint density at radius 1 is 1.21 bits per heavy atom. The standard InChI is InChI=1S/C17H27N7O2S.ClH/c1-13(2)10-22-11-16(19-12-22)27(25,26)23-6-3-14(4-7-23)17-21-20-15-9-18-5-8-24(15)17;/h11-14,18H,3-10H2,1-2H3;1H. The Hall–Kier alpha value is -1.49. The van der Waals surface area contributed by atoms with Crippen LogP contribution in [0.4, 0.5) is 0 Å². The second kappa shape index (κ2) is 8.48. The number of aromatic nitrogens is 5. The van der Waals surface area contributed by atoms with Gasteiger partial charge in [-0.25, -0.2) is 13.4 Å². The van der Waals surface area contributed by atoms with Gasteiger partial charge in [0.15, 0.2) is 5.03 Å². The van der Waals surface area contributed by atoms with Crippen LogP contribution in [0.25, 0.3) is 0 Å². The summed E-state index contributed by atoms with van der Waals surface area (Å²) in [5, 5.41) is 12.1. The molecule has 28 heavy (non-hydrogen) atoms. The summed E-state index contributed by atoms with van der Waals surface area (Å²) >= 11 is 0. The topological polar surface area (TPSA) is 97.9 Å². The lowest BCUT2D eigenvalue weighted by Gasteiger charge is -2.30. The third kappa shape index (κ3) is 4.10. The highest BCUT2D eigenvalue weighted by Crippen LogP contribution is 2.30. The van der Waals surface area contributed by atoms with Crippen LogP contribution in [0.2, 0.25) is 0 Å². The van der Waals surface area contributed by atoms with E-state index in [9.17, 15) is 8.42 Å². The summed E-state index contributed by atoms with van der Waals surface area (Å²) in [6.45, 7) is 8.48. The highest BCUT2D eigenvalue weighted by Gasteiger charge is 2.33. The van der Waals surface area contributed by atoms with Gasteiger partial charge in [0, 0.05) is 44.8 Å². The minimum absolute atomic E-state index is 0. The maximum Gasteiger partial charge on any atom is 0.262 e. The van der Waals surface area contributed by atoms with Gasteiger partial charge < -0.3 is 14.5 Å². The molecule has 2 aliphatic heterocycles. The van der Waals surface area contributed by atoms with Gasteiger partial charge >= 0.3 is 0 Å². The van der Waals surface area contributed by atoms with Crippen LogP contribution in [0.3, 0.4) is 0 Å². The van der Waals surface area contributed by atoms with E-state index in [1.165, 1.54) is 0 Å². The summed E-state index contributed by atoms with van der Waals surface area (Å²) in [5.74, 6) is 2.68. The van der Waals surface area contributed by atoms with E-state index < -0.39 is 10.0 Å². The number of fused-ring (bicyclic) bond motifs is 1. The summed E-state index contributed by atoms with van der Waals surface area (Å²) < 4.78 is 31.4. The quantitative estimate of drug-likeness (QED) is 0.767. The molecule has 0 unspecified atom stereocenters. The van der Waals surface area contributed by atoms with E-state index in [0.29, 0.717) is 19.0 Å². The van der Waals surface area contributed by atoms with Crippen LogP contribution in [0.15, 0.2) is 17.6 Å². The monoisotopic (exact) mass is 429 g/mol. The molecule has 0 amide bonds. The highest BCUT2D eigenvalue weighted by molar-refractivity contribution is 7.89. The molecule has 1 N–H and O–H groups in total. The summed E-state index contributed by atoms with van der Waals surface area (Å²) in [6, 6.07) is 0. The maximum atomic E-state index is 12.9. The summed E-state index contributed by atoms with van der Waals surface area (Å²) in [5.41, 5.74) is 0. The molecule has 0 spiro atoms. The van der Waals surface area contributed by atoms with Gasteiger partial charge in [-0.2, -0.15) is 4.31 Å². The number of hydrogen-bond donors (Lipinski definition) is 1. The summed E-state index contributed by atoms with van der Waals surface area (Å²) in [4.78, 5) is 4.14. The van der Waals surface area contributed by atoms with E-state index in [4.69, 9.17) is 0 Å². The first kappa shape index (κ1) is 21.2. The molecule has 11 heteroatoms. The SMILES string of the molecule is CC(C)Cn1cnc(S(=O)(=O)N2CCC(c3nnc4n3CCNC4)CC2)c1.Cl. The Kier molecular flexibility index (Phi) is 6.43. The molecule has 2 aromatic heterocycles. The first-order valence-electron chi connectivity index (χ1n) is 9.60. The second-order valence-electron chi connectivity index (χ2n) is 7.78. The van der Waals surface area contributed by atoms with Gasteiger partial charge in [0.05, 0.1) is 12.9 Å². The van der Waals surface area contributed by atoms with Crippen molar-refractivity contribution in [2.45, 2.75) is 57.3 Å². The number of hydrogen-bond acceptors (Lipinski definition) is 6. The molecule has 4 rings (SSSR count). The van der Waals surface area contributed by atoms with Crippen LogP contribution in [0, 0.1) is 5.92 Å². The second-order valence-corrected chi connectivity index (χ2v) is 9.67. The zero-order valence-corrected chi connectivity index (χ0v) is 17.9. The van der Waals surface area contributed by atoms with E-state index in [2.05, 4.69) is 38.9 Å². The first-order chi connectivity index (χ1) is 12.9. The summed E-state index contributed by atoms with van der Waals surface area (Å²) in [6.07, 6.45) is 4.77. The number of nitrogens with zero attached hydrogens (tertiary/aromatic N) is 6. The molecule has 1 saturated heterocycles. The predicted molar refractivity (Wildman–Crippen MR) is 107 cm³/mol. The molecule has 0 saturated carbocycles. The van der Waals surface area contributed by atoms with Gasteiger partial charge in [-0.1, -0.05) is 13.8 Å². The van der Waals surface area contributed by atoms with Crippen molar-refractivity contribution in [3.05, 3.63) is 24.2 Å². The van der Waals surface area contributed by atoms with Gasteiger partial charge in [0.1, 0.15) is 11.6 Å². The van der Waals surface area contributed by atoms with E-state index in [1.807, 2.05) is 4.57 Å².